The zero-order valence-corrected chi connectivity index (χ0v) is 30.0. The van der Waals surface area contributed by atoms with Gasteiger partial charge in [0.25, 0.3) is 0 Å². The number of aliphatic carboxylic acids is 1. The highest BCUT2D eigenvalue weighted by atomic mass is 16.4. The zero-order valence-electron chi connectivity index (χ0n) is 30.0. The van der Waals surface area contributed by atoms with E-state index in [0.29, 0.717) is 12.0 Å². The van der Waals surface area contributed by atoms with Crippen LogP contribution in [0.1, 0.15) is 82.3 Å². The summed E-state index contributed by atoms with van der Waals surface area (Å²) in [5.41, 5.74) is 12.8. The fourth-order valence-corrected chi connectivity index (χ4v) is 5.92. The van der Waals surface area contributed by atoms with E-state index >= 15 is 0 Å². The van der Waals surface area contributed by atoms with Crippen molar-refractivity contribution in [2.24, 2.45) is 11.5 Å². The summed E-state index contributed by atoms with van der Waals surface area (Å²) in [6.45, 7) is 2.15. The summed E-state index contributed by atoms with van der Waals surface area (Å²) in [6, 6.07) is 10.7. The molecule has 2 aromatic carbocycles. The molecule has 0 radical (unpaired) electrons. The van der Waals surface area contributed by atoms with Gasteiger partial charge in [0.1, 0.15) is 24.2 Å². The topological polar surface area (TPSA) is 256 Å². The third kappa shape index (κ3) is 14.4. The van der Waals surface area contributed by atoms with Crippen LogP contribution in [0.4, 0.5) is 0 Å². The molecule has 1 aromatic heterocycles. The van der Waals surface area contributed by atoms with Crippen molar-refractivity contribution in [2.75, 3.05) is 0 Å². The van der Waals surface area contributed by atoms with Crippen molar-refractivity contribution >= 4 is 52.3 Å². The van der Waals surface area contributed by atoms with Gasteiger partial charge in [-0.25, -0.2) is 0 Å². The first-order valence-electron chi connectivity index (χ1n) is 18.0. The van der Waals surface area contributed by atoms with Crippen molar-refractivity contribution in [2.45, 2.75) is 108 Å². The van der Waals surface area contributed by atoms with Gasteiger partial charge in [-0.1, -0.05) is 94.0 Å². The summed E-state index contributed by atoms with van der Waals surface area (Å²) in [4.78, 5) is 92.4. The molecule has 4 unspecified atom stereocenters. The fourth-order valence-electron chi connectivity index (χ4n) is 5.92. The van der Waals surface area contributed by atoms with Crippen molar-refractivity contribution in [3.05, 3.63) is 71.9 Å². The molecule has 286 valence electrons. The van der Waals surface area contributed by atoms with Crippen molar-refractivity contribution in [3.8, 4) is 0 Å². The van der Waals surface area contributed by atoms with E-state index in [9.17, 15) is 33.6 Å². The minimum absolute atomic E-state index is 0.0700. The van der Waals surface area contributed by atoms with E-state index in [4.69, 9.17) is 16.6 Å². The fraction of sp³-hybridized carbons (Fsp3) is 0.447. The highest BCUT2D eigenvalue weighted by Crippen LogP contribution is 2.20. The summed E-state index contributed by atoms with van der Waals surface area (Å²) in [5, 5.41) is 20.1. The highest BCUT2D eigenvalue weighted by molar-refractivity contribution is 5.98. The lowest BCUT2D eigenvalue weighted by atomic mass is 10.0. The van der Waals surface area contributed by atoms with Gasteiger partial charge in [0.05, 0.1) is 12.8 Å². The van der Waals surface area contributed by atoms with Crippen LogP contribution in [0.5, 0.6) is 0 Å². The van der Waals surface area contributed by atoms with E-state index in [0.717, 1.165) is 48.6 Å². The Bertz CT molecular complexity index is 1710. The third-order valence-electron chi connectivity index (χ3n) is 8.75. The number of benzene rings is 2. The number of unbranched alkanes of at least 4 members (excludes halogenated alkanes) is 6. The first-order valence-corrected chi connectivity index (χ1v) is 18.0. The Labute approximate surface area is 308 Å². The maximum atomic E-state index is 14.0. The predicted molar refractivity (Wildman–Crippen MR) is 198 cm³/mol. The van der Waals surface area contributed by atoms with Gasteiger partial charge < -0.3 is 42.8 Å². The monoisotopic (exact) mass is 733 g/mol. The summed E-state index contributed by atoms with van der Waals surface area (Å²) in [7, 11) is 0. The maximum absolute atomic E-state index is 14.0. The van der Waals surface area contributed by atoms with Crippen molar-refractivity contribution in [3.63, 3.8) is 0 Å². The van der Waals surface area contributed by atoms with Crippen molar-refractivity contribution < 1.29 is 38.7 Å². The Hall–Kier alpha value is -5.73. The van der Waals surface area contributed by atoms with E-state index in [-0.39, 0.29) is 25.2 Å². The minimum atomic E-state index is -1.65. The number of rotatable bonds is 24. The van der Waals surface area contributed by atoms with Crippen LogP contribution in [0.3, 0.4) is 0 Å². The molecule has 0 spiro atoms. The molecule has 0 saturated heterocycles. The number of aromatic nitrogens is 1. The lowest BCUT2D eigenvalue weighted by Crippen LogP contribution is -2.59. The molecule has 0 aliphatic carbocycles. The van der Waals surface area contributed by atoms with Crippen LogP contribution >= 0.6 is 0 Å². The van der Waals surface area contributed by atoms with Gasteiger partial charge in [-0.05, 0) is 23.6 Å². The Morgan fingerprint density at radius 3 is 1.87 bits per heavy atom. The van der Waals surface area contributed by atoms with Gasteiger partial charge in [-0.15, -0.1) is 0 Å². The molecular formula is C38H51N7O8. The summed E-state index contributed by atoms with van der Waals surface area (Å²) in [5.74, 6) is -6.49. The van der Waals surface area contributed by atoms with Gasteiger partial charge in [0.15, 0.2) is 0 Å². The molecule has 3 rings (SSSR count). The number of carboxylic acids is 1. The van der Waals surface area contributed by atoms with Gasteiger partial charge in [0.2, 0.25) is 35.4 Å². The number of aromatic amines is 1. The SMILES string of the molecule is CCCCCCCCCC(=O)NC(Cc1ccccc1)C(=O)NC(Cc1c[nH]c2ccccc12)C(=O)NC(CC(N)=O)C(=O)NC(CC(=O)O)C(N)=O. The second-order valence-corrected chi connectivity index (χ2v) is 13.1. The van der Waals surface area contributed by atoms with Crippen LogP contribution in [0.25, 0.3) is 10.9 Å². The first-order chi connectivity index (χ1) is 25.4. The molecule has 15 heteroatoms. The van der Waals surface area contributed by atoms with Crippen LogP contribution in [0.2, 0.25) is 0 Å². The van der Waals surface area contributed by atoms with E-state index < -0.39 is 72.5 Å². The van der Waals surface area contributed by atoms with Gasteiger partial charge >= 0.3 is 5.97 Å². The molecule has 0 saturated carbocycles. The Morgan fingerprint density at radius 2 is 1.23 bits per heavy atom. The number of carbonyl (C=O) groups is 7. The molecule has 10 N–H and O–H groups in total. The largest absolute Gasteiger partial charge is 0.481 e. The van der Waals surface area contributed by atoms with E-state index in [2.05, 4.69) is 33.2 Å². The number of nitrogens with one attached hydrogen (secondary N) is 5. The van der Waals surface area contributed by atoms with Crippen LogP contribution in [-0.4, -0.2) is 75.7 Å². The average Bonchev–Trinajstić information content (AvgIpc) is 3.52. The number of H-pyrrole nitrogens is 1. The molecule has 0 fully saturated rings. The van der Waals surface area contributed by atoms with Crippen LogP contribution < -0.4 is 32.7 Å². The van der Waals surface area contributed by atoms with Crippen LogP contribution in [-0.2, 0) is 46.4 Å². The summed E-state index contributed by atoms with van der Waals surface area (Å²) >= 11 is 0. The molecule has 0 aliphatic rings. The Morgan fingerprint density at radius 1 is 0.660 bits per heavy atom. The number of carboxylic acid groups (broad SMARTS) is 1. The molecule has 0 bridgehead atoms. The normalized spacial score (nSPS) is 13.2. The molecule has 3 aromatic rings. The standard InChI is InChI=1S/C38H51N7O8/c1-2-3-4-5-6-7-11-18-33(47)42-29(19-24-14-9-8-10-15-24)36(51)44-30(20-25-23-41-27-17-13-12-16-26(25)27)37(52)45-31(21-32(39)46)38(53)43-28(35(40)50)22-34(48)49/h8-10,12-17,23,28-31,41H,2-7,11,18-22H2,1H3,(H2,39,46)(H2,40,50)(H,42,47)(H,43,53)(H,44,51)(H,45,52)(H,48,49). The van der Waals surface area contributed by atoms with Gasteiger partial charge in [-0.3, -0.25) is 33.6 Å². The second-order valence-electron chi connectivity index (χ2n) is 13.1. The summed E-state index contributed by atoms with van der Waals surface area (Å²) < 4.78 is 0. The lowest BCUT2D eigenvalue weighted by molar-refractivity contribution is -0.141. The van der Waals surface area contributed by atoms with E-state index in [1.165, 1.54) is 6.42 Å². The quantitative estimate of drug-likeness (QED) is 0.0629. The van der Waals surface area contributed by atoms with Crippen molar-refractivity contribution in [1.29, 1.82) is 0 Å². The van der Waals surface area contributed by atoms with Crippen LogP contribution in [0.15, 0.2) is 60.8 Å². The molecule has 53 heavy (non-hydrogen) atoms. The van der Waals surface area contributed by atoms with E-state index in [1.54, 1.807) is 18.3 Å². The maximum Gasteiger partial charge on any atom is 0.305 e. The second kappa shape index (κ2) is 21.6. The number of hydrogen-bond donors (Lipinski definition) is 8. The summed E-state index contributed by atoms with van der Waals surface area (Å²) in [6.07, 6.45) is 7.55. The van der Waals surface area contributed by atoms with E-state index in [1.807, 2.05) is 42.5 Å². The number of fused-ring (bicyclic) bond motifs is 1. The number of para-hydroxylation sites is 1. The predicted octanol–water partition coefficient (Wildman–Crippen LogP) is 1.87. The zero-order chi connectivity index (χ0) is 38.8. The molecule has 4 atom stereocenters. The lowest BCUT2D eigenvalue weighted by Gasteiger charge is -2.26. The number of hydrogen-bond acceptors (Lipinski definition) is 7. The molecular weight excluding hydrogens is 682 g/mol. The molecule has 15 nitrogen and oxygen atoms in total. The molecule has 0 aliphatic heterocycles. The minimum Gasteiger partial charge on any atom is -0.481 e. The third-order valence-corrected chi connectivity index (χ3v) is 8.75. The Balaban J connectivity index is 1.86. The number of primary amides is 2. The van der Waals surface area contributed by atoms with Crippen LogP contribution in [0, 0.1) is 0 Å². The van der Waals surface area contributed by atoms with Gasteiger partial charge in [-0.2, -0.15) is 0 Å². The number of carbonyl (C=O) groups excluding carboxylic acids is 6. The first kappa shape index (κ1) is 41.7. The van der Waals surface area contributed by atoms with Gasteiger partial charge in [0, 0.05) is 36.4 Å². The average molecular weight is 734 g/mol. The Kier molecular flexibility index (Phi) is 17.0. The number of amides is 6. The molecule has 1 heterocycles. The highest BCUT2D eigenvalue weighted by Gasteiger charge is 2.33. The van der Waals surface area contributed by atoms with Crippen molar-refractivity contribution in [1.82, 2.24) is 26.3 Å². The smallest absolute Gasteiger partial charge is 0.305 e. The number of nitrogens with two attached hydrogens (primary N) is 2. The molecule has 6 amide bonds.